The van der Waals surface area contributed by atoms with Crippen LogP contribution in [0.25, 0.3) is 0 Å². The van der Waals surface area contributed by atoms with Crippen molar-refractivity contribution in [2.45, 2.75) is 26.6 Å². The third-order valence-corrected chi connectivity index (χ3v) is 4.01. The summed E-state index contributed by atoms with van der Waals surface area (Å²) in [6.45, 7) is 3.34. The summed E-state index contributed by atoms with van der Waals surface area (Å²) in [5, 5.41) is 30.5. The molecule has 19 heteroatoms. The molecular formula is C24H23F6N5O8. The van der Waals surface area contributed by atoms with E-state index in [1.165, 1.54) is 24.3 Å². The molecule has 0 aliphatic rings. The SMILES string of the molecule is CCOC(=O)C(/C=N/O)=N/Nc1ccc(OC(F)(F)F)cc1.CCOC(=O)C(=CO)N=Nc1ccc(OC(F)(F)F)cc1. The highest BCUT2D eigenvalue weighted by molar-refractivity contribution is 6.59. The van der Waals surface area contributed by atoms with Gasteiger partial charge in [0.05, 0.1) is 24.6 Å². The van der Waals surface area contributed by atoms with Gasteiger partial charge in [-0.25, -0.2) is 9.59 Å². The van der Waals surface area contributed by atoms with Crippen molar-refractivity contribution in [3.05, 3.63) is 60.5 Å². The molecule has 0 spiro atoms. The maximum Gasteiger partial charge on any atom is 0.573 e. The van der Waals surface area contributed by atoms with Crippen LogP contribution in [0.1, 0.15) is 13.8 Å². The Kier molecular flexibility index (Phi) is 14.5. The average molecular weight is 623 g/mol. The summed E-state index contributed by atoms with van der Waals surface area (Å²) in [4.78, 5) is 22.7. The molecule has 0 unspecified atom stereocenters. The Morgan fingerprint density at radius 1 is 0.837 bits per heavy atom. The molecule has 0 atom stereocenters. The average Bonchev–Trinajstić information content (AvgIpc) is 2.92. The van der Waals surface area contributed by atoms with Crippen molar-refractivity contribution < 1.29 is 65.2 Å². The van der Waals surface area contributed by atoms with Gasteiger partial charge in [0.2, 0.25) is 5.70 Å². The summed E-state index contributed by atoms with van der Waals surface area (Å²) in [5.74, 6) is -2.51. The minimum absolute atomic E-state index is 0.0924. The first-order valence-electron chi connectivity index (χ1n) is 11.5. The summed E-state index contributed by atoms with van der Waals surface area (Å²) < 4.78 is 88.5. The second-order valence-electron chi connectivity index (χ2n) is 7.12. The van der Waals surface area contributed by atoms with Crippen LogP contribution in [-0.2, 0) is 19.1 Å². The maximum atomic E-state index is 12.0. The van der Waals surface area contributed by atoms with E-state index in [9.17, 15) is 35.9 Å². The lowest BCUT2D eigenvalue weighted by atomic mass is 10.3. The van der Waals surface area contributed by atoms with Crippen LogP contribution in [-0.4, -0.2) is 60.1 Å². The van der Waals surface area contributed by atoms with Crippen molar-refractivity contribution in [1.29, 1.82) is 0 Å². The number of anilines is 1. The van der Waals surface area contributed by atoms with Gasteiger partial charge in [0, 0.05) is 0 Å². The topological polar surface area (TPSA) is 173 Å². The molecule has 2 rings (SSSR count). The van der Waals surface area contributed by atoms with Gasteiger partial charge in [0.1, 0.15) is 24.0 Å². The van der Waals surface area contributed by atoms with E-state index >= 15 is 0 Å². The van der Waals surface area contributed by atoms with E-state index in [1.54, 1.807) is 13.8 Å². The zero-order valence-corrected chi connectivity index (χ0v) is 22.1. The van der Waals surface area contributed by atoms with Crippen molar-refractivity contribution in [2.24, 2.45) is 20.5 Å². The van der Waals surface area contributed by atoms with Crippen LogP contribution >= 0.6 is 0 Å². The highest BCUT2D eigenvalue weighted by Gasteiger charge is 2.31. The number of ether oxygens (including phenoxy) is 4. The molecule has 13 nitrogen and oxygen atoms in total. The van der Waals surface area contributed by atoms with Crippen molar-refractivity contribution in [1.82, 2.24) is 0 Å². The third-order valence-electron chi connectivity index (χ3n) is 4.01. The molecule has 3 N–H and O–H groups in total. The Hall–Kier alpha value is -5.36. The molecule has 0 saturated heterocycles. The molecule has 0 amide bonds. The zero-order valence-electron chi connectivity index (χ0n) is 22.1. The number of hydrogen-bond donors (Lipinski definition) is 3. The molecule has 0 aliphatic heterocycles. The number of rotatable bonds is 11. The van der Waals surface area contributed by atoms with Crippen LogP contribution in [0, 0.1) is 0 Å². The number of alkyl halides is 6. The lowest BCUT2D eigenvalue weighted by molar-refractivity contribution is -0.275. The van der Waals surface area contributed by atoms with Gasteiger partial charge in [0.25, 0.3) is 0 Å². The normalized spacial score (nSPS) is 12.4. The Morgan fingerprint density at radius 3 is 1.77 bits per heavy atom. The second-order valence-corrected chi connectivity index (χ2v) is 7.12. The van der Waals surface area contributed by atoms with E-state index < -0.39 is 41.9 Å². The Balaban J connectivity index is 0.000000430. The van der Waals surface area contributed by atoms with E-state index in [4.69, 9.17) is 10.3 Å². The Morgan fingerprint density at radius 2 is 1.33 bits per heavy atom. The first-order chi connectivity index (χ1) is 20.2. The standard InChI is InChI=1S/C12H12F3N3O4.C12H11F3N2O4/c1-2-21-11(19)10(7-16-20)18-17-8-3-5-9(6-4-8)22-12(13,14)15;1-2-20-11(19)10(7-18)17-16-8-3-5-9(6-4-8)21-12(13,14)15/h3-7,17,20H,2H2,1H3;3-7,18H,2H2,1H3/b16-7+,18-10+;. The molecular weight excluding hydrogens is 600 g/mol. The van der Waals surface area contributed by atoms with E-state index in [0.29, 0.717) is 6.26 Å². The smallest absolute Gasteiger partial charge is 0.513 e. The zero-order chi connectivity index (χ0) is 32.5. The number of benzene rings is 2. The van der Waals surface area contributed by atoms with Gasteiger partial charge in [-0.05, 0) is 62.4 Å². The molecule has 0 saturated carbocycles. The summed E-state index contributed by atoms with van der Waals surface area (Å²) in [6, 6.07) is 9.11. The number of halogens is 6. The van der Waals surface area contributed by atoms with Gasteiger partial charge < -0.3 is 29.3 Å². The van der Waals surface area contributed by atoms with Gasteiger partial charge in [-0.3, -0.25) is 5.43 Å². The molecule has 43 heavy (non-hydrogen) atoms. The van der Waals surface area contributed by atoms with Crippen molar-refractivity contribution in [2.75, 3.05) is 18.6 Å². The van der Waals surface area contributed by atoms with E-state index in [2.05, 4.69) is 44.9 Å². The first-order valence-corrected chi connectivity index (χ1v) is 11.5. The quantitative estimate of drug-likeness (QED) is 0.0396. The van der Waals surface area contributed by atoms with Crippen LogP contribution in [0.15, 0.2) is 81.0 Å². The van der Waals surface area contributed by atoms with E-state index in [1.807, 2.05) is 0 Å². The fourth-order valence-electron chi connectivity index (χ4n) is 2.39. The van der Waals surface area contributed by atoms with Crippen LogP contribution < -0.4 is 14.9 Å². The number of esters is 2. The minimum atomic E-state index is -4.78. The molecule has 0 aromatic heterocycles. The molecule has 0 fully saturated rings. The van der Waals surface area contributed by atoms with Gasteiger partial charge in [-0.15, -0.1) is 31.5 Å². The summed E-state index contributed by atoms with van der Waals surface area (Å²) in [5.41, 5.74) is 2.09. The van der Waals surface area contributed by atoms with Crippen LogP contribution in [0.4, 0.5) is 37.7 Å². The molecule has 0 radical (unpaired) electrons. The summed E-state index contributed by atoms with van der Waals surface area (Å²) in [6.07, 6.45) is -8.38. The third kappa shape index (κ3) is 15.3. The number of aliphatic hydroxyl groups excluding tert-OH is 1. The van der Waals surface area contributed by atoms with Crippen molar-refractivity contribution >= 4 is 35.2 Å². The maximum absolute atomic E-state index is 12.0. The molecule has 2 aromatic rings. The molecule has 0 heterocycles. The van der Waals surface area contributed by atoms with E-state index in [-0.39, 0.29) is 30.3 Å². The van der Waals surface area contributed by atoms with Crippen molar-refractivity contribution in [3.8, 4) is 11.5 Å². The molecule has 0 aliphatic carbocycles. The number of hydrazone groups is 1. The van der Waals surface area contributed by atoms with E-state index in [0.717, 1.165) is 30.5 Å². The number of carbonyl (C=O) groups is 2. The predicted molar refractivity (Wildman–Crippen MR) is 136 cm³/mol. The Bertz CT molecular complexity index is 1300. The van der Waals surface area contributed by atoms with Gasteiger partial charge in [0.15, 0.2) is 5.71 Å². The summed E-state index contributed by atoms with van der Waals surface area (Å²) in [7, 11) is 0. The number of nitrogens with zero attached hydrogens (tertiary/aromatic N) is 4. The number of aliphatic hydroxyl groups is 1. The van der Waals surface area contributed by atoms with Crippen LogP contribution in [0.3, 0.4) is 0 Å². The predicted octanol–water partition coefficient (Wildman–Crippen LogP) is 6.01. The molecule has 2 aromatic carbocycles. The number of nitrogens with one attached hydrogen (secondary N) is 1. The Labute approximate surface area is 238 Å². The largest absolute Gasteiger partial charge is 0.573 e. The van der Waals surface area contributed by atoms with Gasteiger partial charge in [-0.1, -0.05) is 5.16 Å². The highest BCUT2D eigenvalue weighted by atomic mass is 19.4. The lowest BCUT2D eigenvalue weighted by Crippen LogP contribution is -2.20. The van der Waals surface area contributed by atoms with Gasteiger partial charge >= 0.3 is 24.7 Å². The fourth-order valence-corrected chi connectivity index (χ4v) is 2.39. The number of hydrogen-bond acceptors (Lipinski definition) is 13. The van der Waals surface area contributed by atoms with Gasteiger partial charge in [-0.2, -0.15) is 10.2 Å². The van der Waals surface area contributed by atoms with Crippen LogP contribution in [0.2, 0.25) is 0 Å². The minimum Gasteiger partial charge on any atom is -0.513 e. The summed E-state index contributed by atoms with van der Waals surface area (Å²) >= 11 is 0. The molecule has 234 valence electrons. The number of carbonyl (C=O) groups excluding carboxylic acids is 2. The second kappa shape index (κ2) is 17.5. The molecule has 0 bridgehead atoms. The fraction of sp³-hybridized carbons (Fsp3) is 0.250. The number of azo groups is 1. The highest BCUT2D eigenvalue weighted by Crippen LogP contribution is 2.26. The first kappa shape index (κ1) is 35.7. The van der Waals surface area contributed by atoms with Crippen molar-refractivity contribution in [3.63, 3.8) is 0 Å². The lowest BCUT2D eigenvalue weighted by Gasteiger charge is -2.09. The monoisotopic (exact) mass is 623 g/mol. The van der Waals surface area contributed by atoms with Crippen LogP contribution in [0.5, 0.6) is 11.5 Å². The number of oxime groups is 1.